The van der Waals surface area contributed by atoms with Crippen LogP contribution in [-0.2, 0) is 4.74 Å². The summed E-state index contributed by atoms with van der Waals surface area (Å²) in [6.45, 7) is 2.83. The smallest absolute Gasteiger partial charge is 0.135 e. The minimum absolute atomic E-state index is 0.300. The lowest BCUT2D eigenvalue weighted by Gasteiger charge is -2.17. The van der Waals surface area contributed by atoms with Crippen LogP contribution < -0.4 is 5.32 Å². The van der Waals surface area contributed by atoms with Crippen molar-refractivity contribution < 1.29 is 4.74 Å². The molecule has 1 fully saturated rings. The van der Waals surface area contributed by atoms with Gasteiger partial charge in [-0.15, -0.1) is 0 Å². The number of anilines is 1. The predicted octanol–water partition coefficient (Wildman–Crippen LogP) is 2.95. The Kier molecular flexibility index (Phi) is 4.34. The summed E-state index contributed by atoms with van der Waals surface area (Å²) in [5.41, 5.74) is 0. The second-order valence-corrected chi connectivity index (χ2v) is 5.23. The normalized spacial score (nSPS) is 16.9. The van der Waals surface area contributed by atoms with Crippen LogP contribution in [0.25, 0.3) is 0 Å². The van der Waals surface area contributed by atoms with Crippen molar-refractivity contribution in [1.29, 1.82) is 0 Å². The molecule has 17 heavy (non-hydrogen) atoms. The first-order chi connectivity index (χ1) is 8.22. The Balaban J connectivity index is 2.08. The van der Waals surface area contributed by atoms with E-state index < -0.39 is 0 Å². The Morgan fingerprint density at radius 2 is 2.29 bits per heavy atom. The number of methoxy groups -OCH3 is 1. The van der Waals surface area contributed by atoms with Gasteiger partial charge >= 0.3 is 0 Å². The van der Waals surface area contributed by atoms with Crippen molar-refractivity contribution in [3.8, 4) is 0 Å². The number of aromatic nitrogens is 2. The molecule has 1 aromatic heterocycles. The van der Waals surface area contributed by atoms with Crippen LogP contribution in [0.4, 0.5) is 5.82 Å². The average Bonchev–Trinajstić information content (AvgIpc) is 3.11. The van der Waals surface area contributed by atoms with Gasteiger partial charge in [-0.3, -0.25) is 0 Å². The fraction of sp³-hybridized carbons (Fsp3) is 0.667. The van der Waals surface area contributed by atoms with Crippen molar-refractivity contribution in [3.05, 3.63) is 16.5 Å². The van der Waals surface area contributed by atoms with Crippen molar-refractivity contribution in [2.75, 3.05) is 19.0 Å². The second kappa shape index (κ2) is 5.78. The molecule has 1 aliphatic rings. The number of ether oxygens (including phenoxy) is 1. The summed E-state index contributed by atoms with van der Waals surface area (Å²) >= 11 is 3.44. The third-order valence-corrected chi connectivity index (χ3v) is 3.27. The number of halogens is 1. The third-order valence-electron chi connectivity index (χ3n) is 2.87. The molecule has 0 spiro atoms. The maximum atomic E-state index is 5.17. The summed E-state index contributed by atoms with van der Waals surface area (Å²) in [6, 6.07) is 2.22. The number of nitrogens with zero attached hydrogens (tertiary/aromatic N) is 2. The standard InChI is InChI=1S/C12H18BrN3O/c1-3-9(7-17-2)14-11-6-10(13)15-12(16-11)8-4-5-8/h6,8-9H,3-5,7H2,1-2H3,(H,14,15,16). The van der Waals surface area contributed by atoms with Crippen molar-refractivity contribution in [1.82, 2.24) is 9.97 Å². The van der Waals surface area contributed by atoms with Crippen LogP contribution in [-0.4, -0.2) is 29.7 Å². The van der Waals surface area contributed by atoms with Crippen molar-refractivity contribution in [2.24, 2.45) is 0 Å². The van der Waals surface area contributed by atoms with E-state index in [0.29, 0.717) is 18.6 Å². The maximum absolute atomic E-state index is 5.17. The Labute approximate surface area is 110 Å². The van der Waals surface area contributed by atoms with Gasteiger partial charge < -0.3 is 10.1 Å². The first-order valence-electron chi connectivity index (χ1n) is 6.03. The highest BCUT2D eigenvalue weighted by atomic mass is 79.9. The number of rotatable bonds is 6. The predicted molar refractivity (Wildman–Crippen MR) is 71.3 cm³/mol. The van der Waals surface area contributed by atoms with Gasteiger partial charge in [0, 0.05) is 19.1 Å². The summed E-state index contributed by atoms with van der Waals surface area (Å²) in [5, 5.41) is 3.39. The SMILES string of the molecule is CCC(COC)Nc1cc(Br)nc(C2CC2)n1. The molecule has 0 aromatic carbocycles. The molecule has 5 heteroatoms. The molecule has 1 aliphatic carbocycles. The van der Waals surface area contributed by atoms with Crippen molar-refractivity contribution in [2.45, 2.75) is 38.1 Å². The molecule has 0 amide bonds. The molecule has 1 heterocycles. The number of hydrogen-bond acceptors (Lipinski definition) is 4. The summed E-state index contributed by atoms with van der Waals surface area (Å²) in [7, 11) is 1.72. The highest BCUT2D eigenvalue weighted by molar-refractivity contribution is 9.10. The zero-order chi connectivity index (χ0) is 12.3. The molecule has 2 rings (SSSR count). The Morgan fingerprint density at radius 1 is 1.53 bits per heavy atom. The largest absolute Gasteiger partial charge is 0.383 e. The zero-order valence-electron chi connectivity index (χ0n) is 10.2. The van der Waals surface area contributed by atoms with Gasteiger partial charge in [-0.25, -0.2) is 9.97 Å². The van der Waals surface area contributed by atoms with Gasteiger partial charge in [-0.2, -0.15) is 0 Å². The molecule has 1 unspecified atom stereocenters. The molecule has 1 N–H and O–H groups in total. The lowest BCUT2D eigenvalue weighted by atomic mass is 10.2. The molecule has 1 aromatic rings. The van der Waals surface area contributed by atoms with E-state index in [1.165, 1.54) is 12.8 Å². The van der Waals surface area contributed by atoms with Crippen LogP contribution in [0.2, 0.25) is 0 Å². The van der Waals surface area contributed by atoms with Gasteiger partial charge in [0.25, 0.3) is 0 Å². The quantitative estimate of drug-likeness (QED) is 0.821. The molecule has 0 saturated heterocycles. The van der Waals surface area contributed by atoms with Crippen LogP contribution >= 0.6 is 15.9 Å². The van der Waals surface area contributed by atoms with Crippen LogP contribution in [0.5, 0.6) is 0 Å². The molecule has 94 valence electrons. The second-order valence-electron chi connectivity index (χ2n) is 4.41. The summed E-state index contributed by atoms with van der Waals surface area (Å²) < 4.78 is 6.02. The number of hydrogen-bond donors (Lipinski definition) is 1. The van der Waals surface area contributed by atoms with Crippen molar-refractivity contribution in [3.63, 3.8) is 0 Å². The van der Waals surface area contributed by atoms with Crippen LogP contribution in [0, 0.1) is 0 Å². The summed E-state index contributed by atoms with van der Waals surface area (Å²) in [5.74, 6) is 2.40. The number of nitrogens with one attached hydrogen (secondary N) is 1. The molecule has 1 saturated carbocycles. The third kappa shape index (κ3) is 3.64. The van der Waals surface area contributed by atoms with E-state index in [1.54, 1.807) is 7.11 Å². The van der Waals surface area contributed by atoms with Gasteiger partial charge in [-0.05, 0) is 35.2 Å². The van der Waals surface area contributed by atoms with E-state index in [2.05, 4.69) is 38.1 Å². The van der Waals surface area contributed by atoms with Gasteiger partial charge in [0.05, 0.1) is 12.6 Å². The lowest BCUT2D eigenvalue weighted by Crippen LogP contribution is -2.24. The maximum Gasteiger partial charge on any atom is 0.135 e. The topological polar surface area (TPSA) is 47.0 Å². The highest BCUT2D eigenvalue weighted by Gasteiger charge is 2.27. The van der Waals surface area contributed by atoms with E-state index in [-0.39, 0.29) is 0 Å². The van der Waals surface area contributed by atoms with Crippen LogP contribution in [0.3, 0.4) is 0 Å². The Hall–Kier alpha value is -0.680. The minimum Gasteiger partial charge on any atom is -0.383 e. The van der Waals surface area contributed by atoms with Gasteiger partial charge in [0.15, 0.2) is 0 Å². The molecule has 0 bridgehead atoms. The average molecular weight is 300 g/mol. The lowest BCUT2D eigenvalue weighted by molar-refractivity contribution is 0.184. The zero-order valence-corrected chi connectivity index (χ0v) is 11.8. The monoisotopic (exact) mass is 299 g/mol. The fourth-order valence-electron chi connectivity index (χ4n) is 1.71. The first-order valence-corrected chi connectivity index (χ1v) is 6.82. The van der Waals surface area contributed by atoms with Gasteiger partial charge in [0.2, 0.25) is 0 Å². The van der Waals surface area contributed by atoms with E-state index in [0.717, 1.165) is 22.7 Å². The highest BCUT2D eigenvalue weighted by Crippen LogP contribution is 2.38. The molecule has 1 atom stereocenters. The summed E-state index contributed by atoms with van der Waals surface area (Å²) in [4.78, 5) is 8.97. The van der Waals surface area contributed by atoms with Gasteiger partial charge in [0.1, 0.15) is 16.2 Å². The molecular formula is C12H18BrN3O. The summed E-state index contributed by atoms with van der Waals surface area (Å²) in [6.07, 6.45) is 3.44. The van der Waals surface area contributed by atoms with E-state index in [4.69, 9.17) is 4.74 Å². The van der Waals surface area contributed by atoms with Crippen LogP contribution in [0.15, 0.2) is 10.7 Å². The van der Waals surface area contributed by atoms with E-state index >= 15 is 0 Å². The fourth-order valence-corrected chi connectivity index (χ4v) is 2.10. The van der Waals surface area contributed by atoms with Crippen LogP contribution in [0.1, 0.15) is 37.9 Å². The molecule has 4 nitrogen and oxygen atoms in total. The minimum atomic E-state index is 0.300. The molecule has 0 aliphatic heterocycles. The van der Waals surface area contributed by atoms with E-state index in [9.17, 15) is 0 Å². The van der Waals surface area contributed by atoms with E-state index in [1.807, 2.05) is 6.07 Å². The Bertz CT molecular complexity index is 382. The van der Waals surface area contributed by atoms with Crippen molar-refractivity contribution >= 4 is 21.7 Å². The first kappa shape index (κ1) is 12.8. The van der Waals surface area contributed by atoms with Gasteiger partial charge in [-0.1, -0.05) is 6.92 Å². The molecule has 0 radical (unpaired) electrons. The Morgan fingerprint density at radius 3 is 2.88 bits per heavy atom. The molecular weight excluding hydrogens is 282 g/mol.